The van der Waals surface area contributed by atoms with E-state index in [0.717, 1.165) is 10.7 Å². The normalized spacial score (nSPS) is 25.0. The van der Waals surface area contributed by atoms with Crippen LogP contribution in [0, 0.1) is 0 Å². The van der Waals surface area contributed by atoms with E-state index in [2.05, 4.69) is 9.62 Å². The van der Waals surface area contributed by atoms with Gasteiger partial charge in [-0.2, -0.15) is 12.7 Å². The molecule has 7 nitrogen and oxygen atoms in total. The summed E-state index contributed by atoms with van der Waals surface area (Å²) in [6, 6.07) is -0.344. The smallest absolute Gasteiger partial charge is 0.322 e. The lowest BCUT2D eigenvalue weighted by Crippen LogP contribution is -2.52. The van der Waals surface area contributed by atoms with Crippen molar-refractivity contribution in [2.75, 3.05) is 26.7 Å². The van der Waals surface area contributed by atoms with E-state index in [4.69, 9.17) is 5.11 Å². The lowest BCUT2D eigenvalue weighted by atomic mass is 10.1. The molecule has 0 aromatic carbocycles. The van der Waals surface area contributed by atoms with Crippen LogP contribution in [0.2, 0.25) is 0 Å². The van der Waals surface area contributed by atoms with Crippen LogP contribution in [-0.4, -0.2) is 67.5 Å². The zero-order chi connectivity index (χ0) is 14.8. The number of aliphatic carboxylic acids is 1. The highest BCUT2D eigenvalue weighted by Crippen LogP contribution is 2.24. The molecule has 20 heavy (non-hydrogen) atoms. The highest BCUT2D eigenvalue weighted by Gasteiger charge is 2.36. The molecule has 1 heterocycles. The van der Waals surface area contributed by atoms with E-state index in [0.29, 0.717) is 32.0 Å². The van der Waals surface area contributed by atoms with Crippen molar-refractivity contribution >= 4 is 16.2 Å². The molecule has 1 aliphatic carbocycles. The Bertz CT molecular complexity index is 450. The number of piperidine rings is 1. The molecule has 2 N–H and O–H groups in total. The first-order valence-electron chi connectivity index (χ1n) is 7.11. The fraction of sp³-hybridized carbons (Fsp3) is 0.917. The molecular weight excluding hydrogens is 282 g/mol. The van der Waals surface area contributed by atoms with Gasteiger partial charge in [-0.1, -0.05) is 0 Å². The van der Waals surface area contributed by atoms with Crippen LogP contribution in [0.5, 0.6) is 0 Å². The lowest BCUT2D eigenvalue weighted by molar-refractivity contribution is -0.142. The Morgan fingerprint density at radius 1 is 1.35 bits per heavy atom. The minimum Gasteiger partial charge on any atom is -0.480 e. The second kappa shape index (κ2) is 6.38. The van der Waals surface area contributed by atoms with E-state index in [9.17, 15) is 13.2 Å². The van der Waals surface area contributed by atoms with Crippen molar-refractivity contribution in [3.8, 4) is 0 Å². The van der Waals surface area contributed by atoms with Crippen molar-refractivity contribution in [2.45, 2.75) is 44.2 Å². The predicted molar refractivity (Wildman–Crippen MR) is 74.6 cm³/mol. The van der Waals surface area contributed by atoms with Crippen LogP contribution in [0.25, 0.3) is 0 Å². The fourth-order valence-electron chi connectivity index (χ4n) is 2.57. The Labute approximate surface area is 120 Å². The van der Waals surface area contributed by atoms with Gasteiger partial charge in [-0.25, -0.2) is 4.72 Å². The van der Waals surface area contributed by atoms with E-state index in [1.807, 2.05) is 7.05 Å². The molecular formula is C12H23N3O4S. The number of carboxylic acid groups (broad SMARTS) is 1. The van der Waals surface area contributed by atoms with E-state index in [1.54, 1.807) is 0 Å². The number of hydrogen-bond acceptors (Lipinski definition) is 4. The third-order valence-corrected chi connectivity index (χ3v) is 5.59. The molecule has 2 fully saturated rings. The molecule has 2 aliphatic rings. The third-order valence-electron chi connectivity index (χ3n) is 3.97. The lowest BCUT2D eigenvalue weighted by Gasteiger charge is -2.32. The number of carbonyl (C=O) groups is 1. The fourth-order valence-corrected chi connectivity index (χ4v) is 3.99. The summed E-state index contributed by atoms with van der Waals surface area (Å²) in [4.78, 5) is 13.3. The molecule has 1 aliphatic heterocycles. The number of nitrogens with one attached hydrogen (secondary N) is 1. The van der Waals surface area contributed by atoms with Crippen molar-refractivity contribution in [1.29, 1.82) is 0 Å². The first-order valence-corrected chi connectivity index (χ1v) is 8.55. The van der Waals surface area contributed by atoms with Crippen LogP contribution < -0.4 is 4.72 Å². The topological polar surface area (TPSA) is 90.0 Å². The minimum atomic E-state index is -3.70. The quantitative estimate of drug-likeness (QED) is 0.683. The highest BCUT2D eigenvalue weighted by atomic mass is 32.2. The number of likely N-dealkylation sites (N-methyl/N-ethyl adjacent to an activating group) is 1. The van der Waals surface area contributed by atoms with Gasteiger partial charge in [0.15, 0.2) is 0 Å². The van der Waals surface area contributed by atoms with Gasteiger partial charge in [0.1, 0.15) is 6.04 Å². The summed E-state index contributed by atoms with van der Waals surface area (Å²) >= 11 is 0. The maximum Gasteiger partial charge on any atom is 0.322 e. The molecule has 1 atom stereocenters. The van der Waals surface area contributed by atoms with Crippen LogP contribution >= 0.6 is 0 Å². The summed E-state index contributed by atoms with van der Waals surface area (Å²) < 4.78 is 28.0. The van der Waals surface area contributed by atoms with E-state index in [1.165, 1.54) is 12.8 Å². The van der Waals surface area contributed by atoms with E-state index < -0.39 is 22.2 Å². The van der Waals surface area contributed by atoms with Gasteiger partial charge in [0.2, 0.25) is 0 Å². The predicted octanol–water partition coefficient (Wildman–Crippen LogP) is -0.146. The minimum absolute atomic E-state index is 0.283. The summed E-state index contributed by atoms with van der Waals surface area (Å²) in [6.07, 6.45) is 4.21. The molecule has 1 unspecified atom stereocenters. The van der Waals surface area contributed by atoms with Crippen molar-refractivity contribution in [1.82, 2.24) is 13.9 Å². The maximum atomic E-state index is 12.2. The van der Waals surface area contributed by atoms with Crippen LogP contribution in [0.1, 0.15) is 32.1 Å². The van der Waals surface area contributed by atoms with Gasteiger partial charge < -0.3 is 10.0 Å². The molecule has 1 saturated carbocycles. The van der Waals surface area contributed by atoms with Gasteiger partial charge in [0.25, 0.3) is 10.2 Å². The van der Waals surface area contributed by atoms with E-state index in [-0.39, 0.29) is 6.54 Å². The summed E-state index contributed by atoms with van der Waals surface area (Å²) in [5, 5.41) is 9.12. The van der Waals surface area contributed by atoms with Crippen LogP contribution in [0.15, 0.2) is 0 Å². The number of carboxylic acids is 1. The molecule has 8 heteroatoms. The first kappa shape index (κ1) is 15.7. The number of rotatable bonds is 7. The van der Waals surface area contributed by atoms with Crippen molar-refractivity contribution in [3.63, 3.8) is 0 Å². The zero-order valence-electron chi connectivity index (χ0n) is 11.8. The Kier molecular flexibility index (Phi) is 5.00. The molecule has 0 aromatic heterocycles. The molecule has 0 amide bonds. The van der Waals surface area contributed by atoms with Crippen LogP contribution in [-0.2, 0) is 15.0 Å². The third kappa shape index (κ3) is 3.91. The highest BCUT2D eigenvalue weighted by molar-refractivity contribution is 7.87. The van der Waals surface area contributed by atoms with Crippen molar-refractivity contribution in [3.05, 3.63) is 0 Å². The zero-order valence-corrected chi connectivity index (χ0v) is 12.6. The Hall–Kier alpha value is -0.700. The van der Waals surface area contributed by atoms with Crippen LogP contribution in [0.3, 0.4) is 0 Å². The van der Waals surface area contributed by atoms with E-state index >= 15 is 0 Å². The van der Waals surface area contributed by atoms with Gasteiger partial charge in [-0.05, 0) is 39.2 Å². The van der Waals surface area contributed by atoms with Gasteiger partial charge in [0.05, 0.1) is 0 Å². The van der Waals surface area contributed by atoms with Gasteiger partial charge in [0, 0.05) is 25.7 Å². The Balaban J connectivity index is 1.88. The van der Waals surface area contributed by atoms with Crippen molar-refractivity contribution < 1.29 is 18.3 Å². The molecule has 2 rings (SSSR count). The molecule has 0 radical (unpaired) electrons. The summed E-state index contributed by atoms with van der Waals surface area (Å²) in [5.74, 6) is -1.06. The van der Waals surface area contributed by atoms with Gasteiger partial charge >= 0.3 is 5.97 Å². The van der Waals surface area contributed by atoms with Crippen molar-refractivity contribution in [2.24, 2.45) is 0 Å². The first-order chi connectivity index (χ1) is 9.42. The summed E-state index contributed by atoms with van der Waals surface area (Å²) in [6.45, 7) is 1.25. The second-order valence-corrected chi connectivity index (χ2v) is 7.28. The average Bonchev–Trinajstić information content (AvgIpc) is 3.22. The van der Waals surface area contributed by atoms with Crippen LogP contribution in [0.4, 0.5) is 0 Å². The monoisotopic (exact) mass is 305 g/mol. The Morgan fingerprint density at radius 3 is 2.65 bits per heavy atom. The largest absolute Gasteiger partial charge is 0.480 e. The van der Waals surface area contributed by atoms with Gasteiger partial charge in [-0.15, -0.1) is 0 Å². The molecule has 0 spiro atoms. The number of hydrogen-bond donors (Lipinski definition) is 2. The molecule has 1 saturated heterocycles. The standard InChI is InChI=1S/C12H23N3O4S/c1-14(10-5-6-10)9-7-13-20(18,19)15-8-3-2-4-11(15)12(16)17/h10-11,13H,2-9H2,1H3,(H,16,17). The average molecular weight is 305 g/mol. The molecule has 0 aromatic rings. The van der Waals surface area contributed by atoms with Gasteiger partial charge in [-0.3, -0.25) is 4.79 Å². The molecule has 116 valence electrons. The Morgan fingerprint density at radius 2 is 2.05 bits per heavy atom. The molecule has 0 bridgehead atoms. The summed E-state index contributed by atoms with van der Waals surface area (Å²) in [5.41, 5.74) is 0. The second-order valence-electron chi connectivity index (χ2n) is 5.57. The maximum absolute atomic E-state index is 12.2. The number of nitrogens with zero attached hydrogens (tertiary/aromatic N) is 2. The SMILES string of the molecule is CN(CCNS(=O)(=O)N1CCCCC1C(=O)O)C1CC1. The summed E-state index contributed by atoms with van der Waals surface area (Å²) in [7, 11) is -1.72.